The van der Waals surface area contributed by atoms with Crippen LogP contribution in [0.4, 0.5) is 0 Å². The van der Waals surface area contributed by atoms with Gasteiger partial charge in [-0.25, -0.2) is 0 Å². The van der Waals surface area contributed by atoms with Gasteiger partial charge in [-0.15, -0.1) is 0 Å². The molecule has 0 aromatic rings. The standard InChI is InChI=1S/C13H23BrO2/c1-15-11-4-6-12(7-5-11)16-13(10-14)8-2-3-9-13/h11-12H,2-10H2,1H3. The number of methoxy groups -OCH3 is 1. The van der Waals surface area contributed by atoms with Crippen LogP contribution in [-0.2, 0) is 9.47 Å². The Labute approximate surface area is 107 Å². The number of ether oxygens (including phenoxy) is 2. The van der Waals surface area contributed by atoms with Crippen LogP contribution in [0.5, 0.6) is 0 Å². The Morgan fingerprint density at radius 3 is 2.12 bits per heavy atom. The second-order valence-corrected chi connectivity index (χ2v) is 5.84. The second-order valence-electron chi connectivity index (χ2n) is 5.28. The van der Waals surface area contributed by atoms with Crippen LogP contribution in [0.25, 0.3) is 0 Å². The van der Waals surface area contributed by atoms with Crippen molar-refractivity contribution in [2.45, 2.75) is 69.2 Å². The molecule has 0 N–H and O–H groups in total. The molecule has 2 aliphatic rings. The third-order valence-electron chi connectivity index (χ3n) is 4.13. The molecule has 0 heterocycles. The summed E-state index contributed by atoms with van der Waals surface area (Å²) in [5, 5.41) is 1.00. The highest BCUT2D eigenvalue weighted by Gasteiger charge is 2.37. The Kier molecular flexibility index (Phi) is 4.68. The molecule has 3 heteroatoms. The molecule has 0 spiro atoms. The van der Waals surface area contributed by atoms with Gasteiger partial charge in [0.05, 0.1) is 17.8 Å². The highest BCUT2D eigenvalue weighted by atomic mass is 79.9. The molecular formula is C13H23BrO2. The average Bonchev–Trinajstić information content (AvgIpc) is 2.79. The molecular weight excluding hydrogens is 268 g/mol. The molecule has 0 aromatic heterocycles. The predicted octanol–water partition coefficient (Wildman–Crippen LogP) is 3.67. The summed E-state index contributed by atoms with van der Waals surface area (Å²) in [5.41, 5.74) is 0.157. The molecule has 0 saturated heterocycles. The van der Waals surface area contributed by atoms with Crippen molar-refractivity contribution in [2.75, 3.05) is 12.4 Å². The highest BCUT2D eigenvalue weighted by molar-refractivity contribution is 9.09. The zero-order chi connectivity index (χ0) is 11.4. The van der Waals surface area contributed by atoms with Gasteiger partial charge in [0.15, 0.2) is 0 Å². The van der Waals surface area contributed by atoms with E-state index in [2.05, 4.69) is 15.9 Å². The fraction of sp³-hybridized carbons (Fsp3) is 1.00. The molecule has 2 nitrogen and oxygen atoms in total. The summed E-state index contributed by atoms with van der Waals surface area (Å²) in [6.07, 6.45) is 10.8. The number of halogens is 1. The average molecular weight is 291 g/mol. The van der Waals surface area contributed by atoms with Crippen molar-refractivity contribution in [3.8, 4) is 0 Å². The van der Waals surface area contributed by atoms with E-state index in [1.165, 1.54) is 51.4 Å². The monoisotopic (exact) mass is 290 g/mol. The molecule has 16 heavy (non-hydrogen) atoms. The topological polar surface area (TPSA) is 18.5 Å². The lowest BCUT2D eigenvalue weighted by Crippen LogP contribution is -2.38. The molecule has 2 aliphatic carbocycles. The first-order chi connectivity index (χ1) is 7.78. The van der Waals surface area contributed by atoms with Crippen molar-refractivity contribution >= 4 is 15.9 Å². The second kappa shape index (κ2) is 5.83. The normalized spacial score (nSPS) is 34.1. The van der Waals surface area contributed by atoms with E-state index in [9.17, 15) is 0 Å². The third kappa shape index (κ3) is 2.99. The first-order valence-electron chi connectivity index (χ1n) is 6.54. The lowest BCUT2D eigenvalue weighted by Gasteiger charge is -2.36. The Hall–Kier alpha value is 0.400. The summed E-state index contributed by atoms with van der Waals surface area (Å²) in [7, 11) is 1.82. The van der Waals surface area contributed by atoms with E-state index in [0.29, 0.717) is 12.2 Å². The molecule has 0 aliphatic heterocycles. The van der Waals surface area contributed by atoms with Gasteiger partial charge >= 0.3 is 0 Å². The molecule has 2 fully saturated rings. The van der Waals surface area contributed by atoms with Crippen molar-refractivity contribution in [1.29, 1.82) is 0 Å². The van der Waals surface area contributed by atoms with Crippen LogP contribution in [0.1, 0.15) is 51.4 Å². The minimum Gasteiger partial charge on any atom is -0.381 e. The molecule has 0 unspecified atom stereocenters. The summed E-state index contributed by atoms with van der Waals surface area (Å²) in [5.74, 6) is 0. The smallest absolute Gasteiger partial charge is 0.0782 e. The Morgan fingerprint density at radius 1 is 1.06 bits per heavy atom. The molecule has 0 radical (unpaired) electrons. The fourth-order valence-electron chi connectivity index (χ4n) is 3.04. The van der Waals surface area contributed by atoms with Gasteiger partial charge in [-0.1, -0.05) is 28.8 Å². The SMILES string of the molecule is COC1CCC(OC2(CBr)CCCC2)CC1. The van der Waals surface area contributed by atoms with Crippen molar-refractivity contribution in [1.82, 2.24) is 0 Å². The Balaban J connectivity index is 1.81. The number of hydrogen-bond donors (Lipinski definition) is 0. The molecule has 0 aromatic carbocycles. The van der Waals surface area contributed by atoms with Gasteiger partial charge in [0.25, 0.3) is 0 Å². The van der Waals surface area contributed by atoms with Gasteiger partial charge in [0.1, 0.15) is 0 Å². The molecule has 2 saturated carbocycles. The van der Waals surface area contributed by atoms with Crippen LogP contribution in [0, 0.1) is 0 Å². The molecule has 0 bridgehead atoms. The maximum Gasteiger partial charge on any atom is 0.0782 e. The van der Waals surface area contributed by atoms with Gasteiger partial charge in [-0.3, -0.25) is 0 Å². The van der Waals surface area contributed by atoms with Crippen LogP contribution in [0.2, 0.25) is 0 Å². The number of hydrogen-bond acceptors (Lipinski definition) is 2. The maximum absolute atomic E-state index is 6.38. The van der Waals surface area contributed by atoms with E-state index in [-0.39, 0.29) is 5.60 Å². The van der Waals surface area contributed by atoms with Gasteiger partial charge in [-0.05, 0) is 38.5 Å². The molecule has 0 amide bonds. The lowest BCUT2D eigenvalue weighted by atomic mass is 9.93. The summed E-state index contributed by atoms with van der Waals surface area (Å²) in [6, 6.07) is 0. The van der Waals surface area contributed by atoms with E-state index >= 15 is 0 Å². The zero-order valence-electron chi connectivity index (χ0n) is 10.2. The van der Waals surface area contributed by atoms with E-state index in [1.54, 1.807) is 0 Å². The Morgan fingerprint density at radius 2 is 1.62 bits per heavy atom. The minimum absolute atomic E-state index is 0.157. The van der Waals surface area contributed by atoms with E-state index in [0.717, 1.165) is 5.33 Å². The van der Waals surface area contributed by atoms with E-state index in [1.807, 2.05) is 7.11 Å². The van der Waals surface area contributed by atoms with Crippen molar-refractivity contribution in [3.63, 3.8) is 0 Å². The minimum atomic E-state index is 0.157. The van der Waals surface area contributed by atoms with Crippen molar-refractivity contribution in [2.24, 2.45) is 0 Å². The van der Waals surface area contributed by atoms with Crippen LogP contribution >= 0.6 is 15.9 Å². The summed E-state index contributed by atoms with van der Waals surface area (Å²) >= 11 is 3.64. The van der Waals surface area contributed by atoms with Crippen LogP contribution < -0.4 is 0 Å². The predicted molar refractivity (Wildman–Crippen MR) is 69.1 cm³/mol. The maximum atomic E-state index is 6.38. The molecule has 94 valence electrons. The largest absolute Gasteiger partial charge is 0.381 e. The van der Waals surface area contributed by atoms with Crippen molar-refractivity contribution < 1.29 is 9.47 Å². The van der Waals surface area contributed by atoms with Crippen LogP contribution in [-0.4, -0.2) is 30.2 Å². The summed E-state index contributed by atoms with van der Waals surface area (Å²) < 4.78 is 11.8. The van der Waals surface area contributed by atoms with Gasteiger partial charge in [0.2, 0.25) is 0 Å². The first-order valence-corrected chi connectivity index (χ1v) is 7.67. The first kappa shape index (κ1) is 12.8. The van der Waals surface area contributed by atoms with Crippen LogP contribution in [0.3, 0.4) is 0 Å². The van der Waals surface area contributed by atoms with E-state index in [4.69, 9.17) is 9.47 Å². The van der Waals surface area contributed by atoms with Gasteiger partial charge in [0, 0.05) is 12.4 Å². The van der Waals surface area contributed by atoms with Gasteiger partial charge in [-0.2, -0.15) is 0 Å². The molecule has 0 atom stereocenters. The van der Waals surface area contributed by atoms with E-state index < -0.39 is 0 Å². The number of alkyl halides is 1. The highest BCUT2D eigenvalue weighted by Crippen LogP contribution is 2.38. The quantitative estimate of drug-likeness (QED) is 0.736. The summed E-state index contributed by atoms with van der Waals surface area (Å²) in [6.45, 7) is 0. The van der Waals surface area contributed by atoms with Crippen LogP contribution in [0.15, 0.2) is 0 Å². The van der Waals surface area contributed by atoms with Gasteiger partial charge < -0.3 is 9.47 Å². The number of rotatable bonds is 4. The zero-order valence-corrected chi connectivity index (χ0v) is 11.8. The fourth-order valence-corrected chi connectivity index (χ4v) is 3.73. The summed E-state index contributed by atoms with van der Waals surface area (Å²) in [4.78, 5) is 0. The lowest BCUT2D eigenvalue weighted by molar-refractivity contribution is -0.100. The Bertz CT molecular complexity index is 206. The third-order valence-corrected chi connectivity index (χ3v) is 5.15. The molecule has 2 rings (SSSR count). The van der Waals surface area contributed by atoms with Crippen molar-refractivity contribution in [3.05, 3.63) is 0 Å².